The van der Waals surface area contributed by atoms with Crippen LogP contribution in [0.5, 0.6) is 0 Å². The van der Waals surface area contributed by atoms with E-state index in [1.54, 1.807) is 6.26 Å². The van der Waals surface area contributed by atoms with Gasteiger partial charge in [-0.3, -0.25) is 0 Å². The Morgan fingerprint density at radius 1 is 1.50 bits per heavy atom. The molecule has 1 saturated carbocycles. The van der Waals surface area contributed by atoms with Crippen LogP contribution < -0.4 is 5.32 Å². The predicted molar refractivity (Wildman–Crippen MR) is 69.4 cm³/mol. The third kappa shape index (κ3) is 1.95. The van der Waals surface area contributed by atoms with Gasteiger partial charge in [0.25, 0.3) is 0 Å². The van der Waals surface area contributed by atoms with Crippen LogP contribution in [-0.4, -0.2) is 7.05 Å². The Morgan fingerprint density at radius 2 is 2.19 bits per heavy atom. The number of hydrogen-bond donors (Lipinski definition) is 1. The molecule has 1 N–H and O–H groups in total. The van der Waals surface area contributed by atoms with Crippen molar-refractivity contribution in [1.29, 1.82) is 0 Å². The fraction of sp³-hybridized carbons (Fsp3) is 0.692. The topological polar surface area (TPSA) is 25.2 Å². The summed E-state index contributed by atoms with van der Waals surface area (Å²) in [6.07, 6.45) is 8.30. The van der Waals surface area contributed by atoms with Crippen molar-refractivity contribution in [2.75, 3.05) is 7.05 Å². The number of furan rings is 1. The summed E-state index contributed by atoms with van der Waals surface area (Å²) < 4.78 is 6.74. The quantitative estimate of drug-likeness (QED) is 0.894. The first-order chi connectivity index (χ1) is 7.73. The van der Waals surface area contributed by atoms with E-state index in [9.17, 15) is 0 Å². The number of hydrogen-bond acceptors (Lipinski definition) is 2. The first kappa shape index (κ1) is 12.2. The van der Waals surface area contributed by atoms with Crippen LogP contribution in [0.2, 0.25) is 0 Å². The van der Waals surface area contributed by atoms with Gasteiger partial charge in [-0.1, -0.05) is 19.8 Å². The zero-order valence-corrected chi connectivity index (χ0v) is 11.6. The molecule has 0 aromatic carbocycles. The van der Waals surface area contributed by atoms with E-state index in [2.05, 4.69) is 28.2 Å². The molecule has 0 radical (unpaired) electrons. The molecule has 0 bridgehead atoms. The molecular weight excluding hydrogens is 266 g/mol. The molecule has 1 unspecified atom stereocenters. The average Bonchev–Trinajstić information content (AvgIpc) is 2.91. The summed E-state index contributed by atoms with van der Waals surface area (Å²) in [5.74, 6) is 1.06. The van der Waals surface area contributed by atoms with Gasteiger partial charge in [0.2, 0.25) is 0 Å². The SMILES string of the molecule is CCC1(C(NC)c2occc2Br)CCCC1. The summed E-state index contributed by atoms with van der Waals surface area (Å²) in [6.45, 7) is 2.30. The second kappa shape index (κ2) is 4.92. The van der Waals surface area contributed by atoms with Gasteiger partial charge in [-0.05, 0) is 53.7 Å². The molecule has 2 rings (SSSR count). The van der Waals surface area contributed by atoms with Gasteiger partial charge in [0.1, 0.15) is 5.76 Å². The highest BCUT2D eigenvalue weighted by Gasteiger charge is 2.41. The fourth-order valence-electron chi connectivity index (χ4n) is 3.15. The molecule has 0 spiro atoms. The molecule has 1 aromatic heterocycles. The summed E-state index contributed by atoms with van der Waals surface area (Å²) in [5, 5.41) is 3.46. The summed E-state index contributed by atoms with van der Waals surface area (Å²) in [7, 11) is 2.04. The van der Waals surface area contributed by atoms with E-state index >= 15 is 0 Å². The molecule has 0 amide bonds. The van der Waals surface area contributed by atoms with Crippen LogP contribution in [0.15, 0.2) is 21.2 Å². The van der Waals surface area contributed by atoms with Crippen molar-refractivity contribution in [2.24, 2.45) is 5.41 Å². The Balaban J connectivity index is 2.31. The molecule has 0 aliphatic heterocycles. The van der Waals surface area contributed by atoms with Crippen LogP contribution in [0.25, 0.3) is 0 Å². The molecule has 1 aliphatic carbocycles. The Kier molecular flexibility index (Phi) is 3.75. The van der Waals surface area contributed by atoms with E-state index in [0.29, 0.717) is 11.5 Å². The molecule has 1 fully saturated rings. The smallest absolute Gasteiger partial charge is 0.135 e. The minimum absolute atomic E-state index is 0.337. The van der Waals surface area contributed by atoms with Crippen LogP contribution in [0.3, 0.4) is 0 Å². The lowest BCUT2D eigenvalue weighted by molar-refractivity contribution is 0.172. The van der Waals surface area contributed by atoms with Gasteiger partial charge in [0.15, 0.2) is 0 Å². The lowest BCUT2D eigenvalue weighted by Crippen LogP contribution is -2.34. The molecular formula is C13H20BrNO. The van der Waals surface area contributed by atoms with E-state index in [4.69, 9.17) is 4.42 Å². The van der Waals surface area contributed by atoms with Crippen LogP contribution in [0.4, 0.5) is 0 Å². The summed E-state index contributed by atoms with van der Waals surface area (Å²) in [6, 6.07) is 2.32. The molecule has 2 nitrogen and oxygen atoms in total. The second-order valence-corrected chi connectivity index (χ2v) is 5.63. The van der Waals surface area contributed by atoms with Crippen molar-refractivity contribution in [3.05, 3.63) is 22.6 Å². The zero-order valence-electron chi connectivity index (χ0n) is 10.1. The second-order valence-electron chi connectivity index (χ2n) is 4.78. The minimum Gasteiger partial charge on any atom is -0.466 e. The largest absolute Gasteiger partial charge is 0.466 e. The summed E-state index contributed by atoms with van der Waals surface area (Å²) in [4.78, 5) is 0. The normalized spacial score (nSPS) is 21.2. The van der Waals surface area contributed by atoms with Crippen molar-refractivity contribution in [3.63, 3.8) is 0 Å². The van der Waals surface area contributed by atoms with E-state index in [0.717, 1.165) is 10.2 Å². The number of nitrogens with one attached hydrogen (secondary N) is 1. The van der Waals surface area contributed by atoms with Gasteiger partial charge in [-0.2, -0.15) is 0 Å². The first-order valence-corrected chi connectivity index (χ1v) is 6.93. The molecule has 0 saturated heterocycles. The zero-order chi connectivity index (χ0) is 11.6. The Bertz CT molecular complexity index is 341. The first-order valence-electron chi connectivity index (χ1n) is 6.13. The standard InChI is InChI=1S/C13H20BrNO/c1-3-13(7-4-5-8-13)12(15-2)11-10(14)6-9-16-11/h6,9,12,15H,3-5,7-8H2,1-2H3. The van der Waals surface area contributed by atoms with Gasteiger partial charge in [0.05, 0.1) is 16.8 Å². The van der Waals surface area contributed by atoms with Gasteiger partial charge in [0, 0.05) is 0 Å². The summed E-state index contributed by atoms with van der Waals surface area (Å²) in [5.41, 5.74) is 0.384. The van der Waals surface area contributed by atoms with E-state index < -0.39 is 0 Å². The molecule has 3 heteroatoms. The molecule has 16 heavy (non-hydrogen) atoms. The summed E-state index contributed by atoms with van der Waals surface area (Å²) >= 11 is 3.57. The van der Waals surface area contributed by atoms with Crippen molar-refractivity contribution in [2.45, 2.75) is 45.1 Å². The van der Waals surface area contributed by atoms with Crippen molar-refractivity contribution in [3.8, 4) is 0 Å². The molecule has 1 atom stereocenters. The number of rotatable bonds is 4. The Labute approximate surface area is 106 Å². The van der Waals surface area contributed by atoms with Gasteiger partial charge in [-0.15, -0.1) is 0 Å². The molecule has 1 aromatic rings. The minimum atomic E-state index is 0.337. The highest BCUT2D eigenvalue weighted by Crippen LogP contribution is 2.51. The Hall–Kier alpha value is -0.280. The van der Waals surface area contributed by atoms with Crippen molar-refractivity contribution in [1.82, 2.24) is 5.32 Å². The van der Waals surface area contributed by atoms with E-state index in [1.807, 2.05) is 13.1 Å². The van der Waals surface area contributed by atoms with Gasteiger partial charge in [-0.25, -0.2) is 0 Å². The lowest BCUT2D eigenvalue weighted by atomic mass is 9.75. The van der Waals surface area contributed by atoms with Crippen LogP contribution >= 0.6 is 15.9 Å². The molecule has 90 valence electrons. The average molecular weight is 286 g/mol. The van der Waals surface area contributed by atoms with Crippen LogP contribution in [-0.2, 0) is 0 Å². The lowest BCUT2D eigenvalue weighted by Gasteiger charge is -2.35. The van der Waals surface area contributed by atoms with E-state index in [1.165, 1.54) is 32.1 Å². The highest BCUT2D eigenvalue weighted by molar-refractivity contribution is 9.10. The highest BCUT2D eigenvalue weighted by atomic mass is 79.9. The molecule has 1 heterocycles. The number of halogens is 1. The van der Waals surface area contributed by atoms with Crippen LogP contribution in [0, 0.1) is 5.41 Å². The van der Waals surface area contributed by atoms with Crippen LogP contribution in [0.1, 0.15) is 50.8 Å². The maximum absolute atomic E-state index is 5.65. The maximum atomic E-state index is 5.65. The van der Waals surface area contributed by atoms with Gasteiger partial charge >= 0.3 is 0 Å². The van der Waals surface area contributed by atoms with Crippen molar-refractivity contribution < 1.29 is 4.42 Å². The molecule has 1 aliphatic rings. The van der Waals surface area contributed by atoms with Gasteiger partial charge < -0.3 is 9.73 Å². The third-order valence-electron chi connectivity index (χ3n) is 4.11. The fourth-order valence-corrected chi connectivity index (χ4v) is 3.58. The third-order valence-corrected chi connectivity index (χ3v) is 4.77. The predicted octanol–water partition coefficient (Wildman–Crippen LogP) is 4.27. The van der Waals surface area contributed by atoms with Crippen molar-refractivity contribution >= 4 is 15.9 Å². The Morgan fingerprint density at radius 3 is 2.62 bits per heavy atom. The monoisotopic (exact) mass is 285 g/mol. The van der Waals surface area contributed by atoms with E-state index in [-0.39, 0.29) is 0 Å². The maximum Gasteiger partial charge on any atom is 0.135 e.